The minimum absolute atomic E-state index is 0.218. The van der Waals surface area contributed by atoms with Gasteiger partial charge in [-0.2, -0.15) is 0 Å². The van der Waals surface area contributed by atoms with Gasteiger partial charge in [0.2, 0.25) is 0 Å². The molecule has 0 unspecified atom stereocenters. The van der Waals surface area contributed by atoms with Crippen LogP contribution in [0.25, 0.3) is 0 Å². The Bertz CT molecular complexity index is 950. The fourth-order valence-corrected chi connectivity index (χ4v) is 6.88. The number of carbonyl (C=O) groups excluding carboxylic acids is 1. The summed E-state index contributed by atoms with van der Waals surface area (Å²) in [4.78, 5) is 16.8. The van der Waals surface area contributed by atoms with Crippen LogP contribution in [0.2, 0.25) is 0 Å². The highest BCUT2D eigenvalue weighted by molar-refractivity contribution is 5.95. The van der Waals surface area contributed by atoms with Crippen molar-refractivity contribution in [3.05, 3.63) is 65.2 Å². The Balaban J connectivity index is 1.35. The number of nitrogens with zero attached hydrogens (tertiary/aromatic N) is 1. The average Bonchev–Trinajstić information content (AvgIpc) is 3.42. The zero-order valence-corrected chi connectivity index (χ0v) is 17.8. The van der Waals surface area contributed by atoms with Crippen molar-refractivity contribution in [1.29, 1.82) is 0 Å². The number of carbonyl (C=O) groups is 1. The predicted octanol–water partition coefficient (Wildman–Crippen LogP) is 2.95. The lowest BCUT2D eigenvalue weighted by molar-refractivity contribution is -0.883. The molecule has 1 saturated heterocycles. The molecule has 30 heavy (non-hydrogen) atoms. The molecule has 2 aliphatic carbocycles. The van der Waals surface area contributed by atoms with Gasteiger partial charge in [0, 0.05) is 11.3 Å². The maximum atomic E-state index is 13.2. The monoisotopic (exact) mass is 402 g/mol. The number of benzene rings is 2. The second-order valence-corrected chi connectivity index (χ2v) is 10.0. The quantitative estimate of drug-likeness (QED) is 0.810. The lowest BCUT2D eigenvalue weighted by Crippen LogP contribution is -3.12. The Morgan fingerprint density at radius 1 is 1.03 bits per heavy atom. The third kappa shape index (κ3) is 2.88. The third-order valence-electron chi connectivity index (χ3n) is 8.40. The summed E-state index contributed by atoms with van der Waals surface area (Å²) >= 11 is 0. The van der Waals surface area contributed by atoms with Gasteiger partial charge < -0.3 is 15.1 Å². The third-order valence-corrected chi connectivity index (χ3v) is 8.40. The summed E-state index contributed by atoms with van der Waals surface area (Å²) in [5.41, 5.74) is 4.95. The molecule has 2 bridgehead atoms. The molecule has 2 saturated carbocycles. The van der Waals surface area contributed by atoms with Gasteiger partial charge in [0.15, 0.2) is 0 Å². The fourth-order valence-electron chi connectivity index (χ4n) is 6.88. The van der Waals surface area contributed by atoms with Crippen LogP contribution >= 0.6 is 0 Å². The van der Waals surface area contributed by atoms with Gasteiger partial charge in [0.05, 0.1) is 39.3 Å². The highest BCUT2D eigenvalue weighted by atomic mass is 16.2. The van der Waals surface area contributed by atoms with Crippen molar-refractivity contribution in [3.8, 4) is 0 Å². The van der Waals surface area contributed by atoms with Crippen LogP contribution in [0.5, 0.6) is 0 Å². The first-order valence-corrected chi connectivity index (χ1v) is 11.7. The average molecular weight is 403 g/mol. The van der Waals surface area contributed by atoms with E-state index in [4.69, 9.17) is 0 Å². The Kier molecular flexibility index (Phi) is 4.38. The summed E-state index contributed by atoms with van der Waals surface area (Å²) in [5.74, 6) is 3.05. The lowest BCUT2D eigenvalue weighted by atomic mass is 9.68. The molecule has 5 atom stereocenters. The van der Waals surface area contributed by atoms with Gasteiger partial charge >= 0.3 is 0 Å². The van der Waals surface area contributed by atoms with E-state index in [0.717, 1.165) is 43.6 Å². The van der Waals surface area contributed by atoms with E-state index in [0.29, 0.717) is 17.9 Å². The molecule has 156 valence electrons. The molecule has 3 fully saturated rings. The number of nitrogens with one attached hydrogen (secondary N) is 2. The van der Waals surface area contributed by atoms with Crippen molar-refractivity contribution < 1.29 is 9.69 Å². The normalized spacial score (nSPS) is 32.4. The smallest absolute Gasteiger partial charge is 0.254 e. The van der Waals surface area contributed by atoms with Gasteiger partial charge in [0.25, 0.3) is 5.91 Å². The van der Waals surface area contributed by atoms with Crippen LogP contribution in [0.1, 0.15) is 52.7 Å². The SMILES string of the molecule is C[NH+]1CCN(C(=O)c2ccc3c(c2)[C@H]2[C@@H]4CC[C@@H](C4)[C@@H]2[C@H](c2ccccc2)N3)CC1. The van der Waals surface area contributed by atoms with Crippen molar-refractivity contribution in [2.24, 2.45) is 17.8 Å². The van der Waals surface area contributed by atoms with Crippen LogP contribution < -0.4 is 10.2 Å². The van der Waals surface area contributed by atoms with E-state index in [9.17, 15) is 4.79 Å². The molecule has 4 aliphatic rings. The minimum Gasteiger partial charge on any atom is -0.378 e. The number of hydrogen-bond acceptors (Lipinski definition) is 2. The van der Waals surface area contributed by atoms with Gasteiger partial charge in [-0.05, 0) is 72.3 Å². The Hall–Kier alpha value is -2.33. The molecule has 2 aromatic rings. The number of hydrogen-bond donors (Lipinski definition) is 2. The second-order valence-electron chi connectivity index (χ2n) is 10.0. The number of fused-ring (bicyclic) bond motifs is 7. The summed E-state index contributed by atoms with van der Waals surface area (Å²) in [7, 11) is 2.21. The molecule has 4 nitrogen and oxygen atoms in total. The molecule has 2 aliphatic heterocycles. The highest BCUT2D eigenvalue weighted by Gasteiger charge is 2.53. The lowest BCUT2D eigenvalue weighted by Gasteiger charge is -2.43. The summed E-state index contributed by atoms with van der Waals surface area (Å²) < 4.78 is 0. The topological polar surface area (TPSA) is 36.8 Å². The van der Waals surface area contributed by atoms with Gasteiger partial charge in [-0.3, -0.25) is 4.79 Å². The predicted molar refractivity (Wildman–Crippen MR) is 119 cm³/mol. The van der Waals surface area contributed by atoms with E-state index in [1.165, 1.54) is 41.0 Å². The van der Waals surface area contributed by atoms with E-state index in [2.05, 4.69) is 65.8 Å². The van der Waals surface area contributed by atoms with Crippen LogP contribution in [0.15, 0.2) is 48.5 Å². The first-order chi connectivity index (χ1) is 14.7. The molecule has 2 aromatic carbocycles. The summed E-state index contributed by atoms with van der Waals surface area (Å²) in [5, 5.41) is 3.89. The van der Waals surface area contributed by atoms with Crippen LogP contribution in [-0.2, 0) is 0 Å². The molecule has 1 amide bonds. The number of rotatable bonds is 2. The Morgan fingerprint density at radius 3 is 2.60 bits per heavy atom. The van der Waals surface area contributed by atoms with E-state index < -0.39 is 0 Å². The number of piperazine rings is 1. The summed E-state index contributed by atoms with van der Waals surface area (Å²) in [6, 6.07) is 17.9. The van der Waals surface area contributed by atoms with Crippen molar-refractivity contribution in [2.45, 2.75) is 31.2 Å². The summed E-state index contributed by atoms with van der Waals surface area (Å²) in [6.07, 6.45) is 4.08. The molecule has 2 heterocycles. The maximum Gasteiger partial charge on any atom is 0.254 e. The molecule has 6 rings (SSSR count). The van der Waals surface area contributed by atoms with Gasteiger partial charge in [-0.15, -0.1) is 0 Å². The standard InChI is InChI=1S/C26H31N3O/c1-28-11-13-29(14-12-28)26(30)20-9-10-22-21(16-20)23-18-7-8-19(15-18)24(23)25(27-22)17-5-3-2-4-6-17/h2-6,9-10,16,18-19,23-25,27H,7-8,11-15H2,1H3/p+1/t18-,19+,23-,24+,25+/m1/s1. The van der Waals surface area contributed by atoms with Crippen LogP contribution in [0.3, 0.4) is 0 Å². The van der Waals surface area contributed by atoms with Gasteiger partial charge in [-0.25, -0.2) is 0 Å². The summed E-state index contributed by atoms with van der Waals surface area (Å²) in [6.45, 7) is 3.83. The van der Waals surface area contributed by atoms with Crippen molar-refractivity contribution in [1.82, 2.24) is 4.90 Å². The minimum atomic E-state index is 0.218. The van der Waals surface area contributed by atoms with Crippen molar-refractivity contribution >= 4 is 11.6 Å². The molecule has 0 spiro atoms. The van der Waals surface area contributed by atoms with E-state index in [-0.39, 0.29) is 5.91 Å². The van der Waals surface area contributed by atoms with E-state index >= 15 is 0 Å². The number of amides is 1. The highest BCUT2D eigenvalue weighted by Crippen LogP contribution is 2.63. The zero-order valence-electron chi connectivity index (χ0n) is 17.8. The van der Waals surface area contributed by atoms with E-state index in [1.54, 1.807) is 0 Å². The Morgan fingerprint density at radius 2 is 1.80 bits per heavy atom. The largest absolute Gasteiger partial charge is 0.378 e. The molecule has 0 radical (unpaired) electrons. The van der Waals surface area contributed by atoms with Crippen molar-refractivity contribution in [3.63, 3.8) is 0 Å². The van der Waals surface area contributed by atoms with Crippen LogP contribution in [-0.4, -0.2) is 44.0 Å². The first kappa shape index (κ1) is 18.4. The van der Waals surface area contributed by atoms with Crippen LogP contribution in [0, 0.1) is 17.8 Å². The fraction of sp³-hybridized carbons (Fsp3) is 0.500. The number of anilines is 1. The first-order valence-electron chi connectivity index (χ1n) is 11.7. The zero-order chi connectivity index (χ0) is 20.2. The van der Waals surface area contributed by atoms with E-state index in [1.807, 2.05) is 0 Å². The molecular formula is C26H32N3O+. The molecular weight excluding hydrogens is 370 g/mol. The number of quaternary nitrogens is 1. The molecule has 4 heteroatoms. The van der Waals surface area contributed by atoms with Crippen molar-refractivity contribution in [2.75, 3.05) is 38.5 Å². The molecule has 2 N–H and O–H groups in total. The second kappa shape index (κ2) is 7.12. The molecule has 0 aromatic heterocycles. The van der Waals surface area contributed by atoms with Crippen LogP contribution in [0.4, 0.5) is 5.69 Å². The van der Waals surface area contributed by atoms with Gasteiger partial charge in [0.1, 0.15) is 0 Å². The number of likely N-dealkylation sites (N-methyl/N-ethyl adjacent to an activating group) is 1. The maximum absolute atomic E-state index is 13.2. The van der Waals surface area contributed by atoms with Gasteiger partial charge in [-0.1, -0.05) is 30.3 Å². The Labute approximate surface area is 179 Å².